The van der Waals surface area contributed by atoms with Gasteiger partial charge in [0.2, 0.25) is 5.95 Å². The van der Waals surface area contributed by atoms with Gasteiger partial charge in [-0.25, -0.2) is 9.78 Å². The number of aromatic nitrogens is 2. The molecule has 1 aliphatic heterocycles. The summed E-state index contributed by atoms with van der Waals surface area (Å²) < 4.78 is 5.43. The fourth-order valence-electron chi connectivity index (χ4n) is 3.32. The highest BCUT2D eigenvalue weighted by Crippen LogP contribution is 2.30. The van der Waals surface area contributed by atoms with Gasteiger partial charge in [0.1, 0.15) is 29.1 Å². The van der Waals surface area contributed by atoms with Gasteiger partial charge in [0.05, 0.1) is 16.9 Å². The van der Waals surface area contributed by atoms with Gasteiger partial charge in [-0.05, 0) is 32.9 Å². The maximum atomic E-state index is 12.3. The largest absolute Gasteiger partial charge is 0.444 e. The molecule has 1 aromatic heterocycles. The van der Waals surface area contributed by atoms with Crippen molar-refractivity contribution in [3.05, 3.63) is 29.3 Å². The van der Waals surface area contributed by atoms with Crippen LogP contribution in [0.25, 0.3) is 11.3 Å². The summed E-state index contributed by atoms with van der Waals surface area (Å²) in [5.74, 6) is -0.0572. The first-order chi connectivity index (χ1) is 14.6. The number of hydrogen-bond acceptors (Lipinski definition) is 9. The molecule has 10 heteroatoms. The maximum Gasteiger partial charge on any atom is 0.410 e. The van der Waals surface area contributed by atoms with E-state index in [-0.39, 0.29) is 29.1 Å². The van der Waals surface area contributed by atoms with Crippen molar-refractivity contribution >= 4 is 23.5 Å². The summed E-state index contributed by atoms with van der Waals surface area (Å²) in [7, 11) is 0. The van der Waals surface area contributed by atoms with Crippen molar-refractivity contribution in [1.82, 2.24) is 14.9 Å². The van der Waals surface area contributed by atoms with Gasteiger partial charge in [-0.15, -0.1) is 0 Å². The molecule has 160 valence electrons. The summed E-state index contributed by atoms with van der Waals surface area (Å²) in [6, 6.07) is 9.40. The molecule has 2 aromatic rings. The van der Waals surface area contributed by atoms with Crippen LogP contribution in [0, 0.1) is 22.7 Å². The molecule has 0 radical (unpaired) electrons. The van der Waals surface area contributed by atoms with Crippen molar-refractivity contribution in [2.24, 2.45) is 0 Å². The monoisotopic (exact) mass is 420 g/mol. The van der Waals surface area contributed by atoms with E-state index in [4.69, 9.17) is 16.2 Å². The number of carbonyl (C=O) groups is 1. The summed E-state index contributed by atoms with van der Waals surface area (Å²) >= 11 is 0. The van der Waals surface area contributed by atoms with Crippen LogP contribution >= 0.6 is 0 Å². The topological polar surface area (TPSA) is 158 Å². The maximum absolute atomic E-state index is 12.3. The SMILES string of the molecule is CC(C)(C)OC(=O)N1CCN(c2ccc(-c3nc(N)nc(N)c3C#N)cc2C#N)CC1. The lowest BCUT2D eigenvalue weighted by atomic mass is 10.0. The van der Waals surface area contributed by atoms with E-state index in [9.17, 15) is 15.3 Å². The molecule has 1 saturated heterocycles. The third kappa shape index (κ3) is 4.75. The van der Waals surface area contributed by atoms with E-state index in [0.717, 1.165) is 5.69 Å². The van der Waals surface area contributed by atoms with Crippen molar-refractivity contribution in [2.75, 3.05) is 42.5 Å². The number of piperazine rings is 1. The molecule has 0 saturated carbocycles. The lowest BCUT2D eigenvalue weighted by Crippen LogP contribution is -2.50. The van der Waals surface area contributed by atoms with Gasteiger partial charge < -0.3 is 26.0 Å². The van der Waals surface area contributed by atoms with Crippen LogP contribution in [0.4, 0.5) is 22.2 Å². The number of ether oxygens (including phenoxy) is 1. The number of hydrogen-bond donors (Lipinski definition) is 2. The molecule has 1 amide bonds. The fourth-order valence-corrected chi connectivity index (χ4v) is 3.32. The molecule has 0 bridgehead atoms. The molecule has 1 aromatic carbocycles. The van der Waals surface area contributed by atoms with Crippen molar-refractivity contribution in [2.45, 2.75) is 26.4 Å². The Morgan fingerprint density at radius 2 is 1.77 bits per heavy atom. The van der Waals surface area contributed by atoms with Gasteiger partial charge in [0.15, 0.2) is 0 Å². The predicted molar refractivity (Wildman–Crippen MR) is 116 cm³/mol. The van der Waals surface area contributed by atoms with Gasteiger partial charge in [-0.2, -0.15) is 15.5 Å². The minimum Gasteiger partial charge on any atom is -0.444 e. The smallest absolute Gasteiger partial charge is 0.410 e. The molecule has 4 N–H and O–H groups in total. The van der Waals surface area contributed by atoms with E-state index in [1.165, 1.54) is 0 Å². The van der Waals surface area contributed by atoms with Crippen LogP contribution in [0.3, 0.4) is 0 Å². The Morgan fingerprint density at radius 1 is 1.10 bits per heavy atom. The molecule has 10 nitrogen and oxygen atoms in total. The van der Waals surface area contributed by atoms with Crippen LogP contribution in [0.5, 0.6) is 0 Å². The molecule has 3 rings (SSSR count). The average molecular weight is 420 g/mol. The third-order valence-corrected chi connectivity index (χ3v) is 4.73. The molecule has 0 aliphatic carbocycles. The Kier molecular flexibility index (Phi) is 5.84. The lowest BCUT2D eigenvalue weighted by Gasteiger charge is -2.37. The van der Waals surface area contributed by atoms with E-state index < -0.39 is 5.60 Å². The van der Waals surface area contributed by atoms with E-state index in [0.29, 0.717) is 37.3 Å². The zero-order valence-electron chi connectivity index (χ0n) is 17.7. The molecular weight excluding hydrogens is 396 g/mol. The third-order valence-electron chi connectivity index (χ3n) is 4.73. The molecule has 0 spiro atoms. The minimum absolute atomic E-state index is 0.00847. The summed E-state index contributed by atoms with van der Waals surface area (Å²) in [5.41, 5.74) is 13.0. The van der Waals surface area contributed by atoms with Crippen LogP contribution in [0.15, 0.2) is 18.2 Å². The van der Waals surface area contributed by atoms with Crippen LogP contribution in [-0.2, 0) is 4.74 Å². The Hall–Kier alpha value is -4.05. The number of nitrogens with two attached hydrogens (primary N) is 2. The zero-order chi connectivity index (χ0) is 22.8. The normalized spacial score (nSPS) is 14.0. The van der Waals surface area contributed by atoms with Gasteiger partial charge in [0, 0.05) is 31.7 Å². The van der Waals surface area contributed by atoms with Crippen molar-refractivity contribution in [3.63, 3.8) is 0 Å². The van der Waals surface area contributed by atoms with Crippen molar-refractivity contribution < 1.29 is 9.53 Å². The Morgan fingerprint density at radius 3 is 2.35 bits per heavy atom. The summed E-state index contributed by atoms with van der Waals surface area (Å²) in [6.07, 6.45) is -0.342. The number of benzene rings is 1. The number of rotatable bonds is 2. The summed E-state index contributed by atoms with van der Waals surface area (Å²) in [4.78, 5) is 23.9. The first-order valence-corrected chi connectivity index (χ1v) is 9.73. The van der Waals surface area contributed by atoms with Gasteiger partial charge in [0.25, 0.3) is 0 Å². The Labute approximate surface area is 180 Å². The van der Waals surface area contributed by atoms with E-state index in [1.807, 2.05) is 31.7 Å². The first kappa shape index (κ1) is 21.7. The second-order valence-corrected chi connectivity index (χ2v) is 8.10. The molecule has 0 atom stereocenters. The van der Waals surface area contributed by atoms with Crippen molar-refractivity contribution in [3.8, 4) is 23.4 Å². The van der Waals surface area contributed by atoms with E-state index in [1.54, 1.807) is 23.1 Å². The highest BCUT2D eigenvalue weighted by molar-refractivity contribution is 5.77. The average Bonchev–Trinajstić information content (AvgIpc) is 2.71. The highest BCUT2D eigenvalue weighted by Gasteiger charge is 2.27. The quantitative estimate of drug-likeness (QED) is 0.742. The number of nitriles is 2. The number of anilines is 3. The minimum atomic E-state index is -0.548. The van der Waals surface area contributed by atoms with Gasteiger partial charge >= 0.3 is 6.09 Å². The Balaban J connectivity index is 1.83. The highest BCUT2D eigenvalue weighted by atomic mass is 16.6. The second kappa shape index (κ2) is 8.36. The number of amides is 1. The molecule has 31 heavy (non-hydrogen) atoms. The number of carbonyl (C=O) groups excluding carboxylic acids is 1. The Bertz CT molecular complexity index is 1090. The second-order valence-electron chi connectivity index (χ2n) is 8.10. The van der Waals surface area contributed by atoms with E-state index in [2.05, 4.69) is 16.0 Å². The molecular formula is C21H24N8O2. The first-order valence-electron chi connectivity index (χ1n) is 9.73. The standard InChI is InChI=1S/C21H24N8O2/c1-21(2,3)31-20(30)29-8-6-28(7-9-29)16-5-4-13(10-14(16)11-22)17-15(12-23)18(24)27-19(25)26-17/h4-5,10H,6-9H2,1-3H3,(H4,24,25,26,27). The van der Waals surface area contributed by atoms with Gasteiger partial charge in [-0.3, -0.25) is 0 Å². The van der Waals surface area contributed by atoms with E-state index >= 15 is 0 Å². The van der Waals surface area contributed by atoms with Crippen LogP contribution < -0.4 is 16.4 Å². The molecule has 0 unspecified atom stereocenters. The molecule has 1 fully saturated rings. The van der Waals surface area contributed by atoms with Crippen molar-refractivity contribution in [1.29, 1.82) is 10.5 Å². The predicted octanol–water partition coefficient (Wildman–Crippen LogP) is 2.11. The lowest BCUT2D eigenvalue weighted by molar-refractivity contribution is 0.0240. The number of nitrogen functional groups attached to an aromatic ring is 2. The van der Waals surface area contributed by atoms with Crippen LogP contribution in [-0.4, -0.2) is 52.7 Å². The zero-order valence-corrected chi connectivity index (χ0v) is 17.7. The van der Waals surface area contributed by atoms with Gasteiger partial charge in [-0.1, -0.05) is 6.07 Å². The fraction of sp³-hybridized carbons (Fsp3) is 0.381. The number of nitrogens with zero attached hydrogens (tertiary/aromatic N) is 6. The molecule has 1 aliphatic rings. The summed E-state index contributed by atoms with van der Waals surface area (Å²) in [6.45, 7) is 7.59. The summed E-state index contributed by atoms with van der Waals surface area (Å²) in [5, 5.41) is 19.1. The molecule has 2 heterocycles. The van der Waals surface area contributed by atoms with Crippen LogP contribution in [0.2, 0.25) is 0 Å². The van der Waals surface area contributed by atoms with Crippen LogP contribution in [0.1, 0.15) is 31.9 Å².